The van der Waals surface area contributed by atoms with Crippen LogP contribution in [0.15, 0.2) is 54.9 Å². The van der Waals surface area contributed by atoms with Gasteiger partial charge in [0.05, 0.1) is 54.8 Å². The summed E-state index contributed by atoms with van der Waals surface area (Å²) in [5, 5.41) is 13.8. The third-order valence-corrected chi connectivity index (χ3v) is 11.9. The molecule has 0 spiro atoms. The molecule has 57 heavy (non-hydrogen) atoms. The van der Waals surface area contributed by atoms with E-state index in [0.29, 0.717) is 25.1 Å². The number of ether oxygens (including phenoxy) is 2. The van der Waals surface area contributed by atoms with E-state index in [1.54, 1.807) is 57.3 Å². The summed E-state index contributed by atoms with van der Waals surface area (Å²) in [6.45, 7) is 16.7. The van der Waals surface area contributed by atoms with E-state index < -0.39 is 42.2 Å². The van der Waals surface area contributed by atoms with Gasteiger partial charge in [-0.3, -0.25) is 29.1 Å². The Morgan fingerprint density at radius 3 is 2.05 bits per heavy atom. The zero-order valence-corrected chi connectivity index (χ0v) is 36.6. The summed E-state index contributed by atoms with van der Waals surface area (Å²) in [6.07, 6.45) is 2.99. The number of likely N-dealkylation sites (N-methyl/N-ethyl adjacent to an activating group) is 2. The maximum absolute atomic E-state index is 14.4. The van der Waals surface area contributed by atoms with Gasteiger partial charge in [-0.15, -0.1) is 0 Å². The number of carbonyl (C=O) groups excluding carboxylic acids is 4. The number of amides is 3. The lowest BCUT2D eigenvalue weighted by molar-refractivity contribution is -0.149. The third-order valence-electron chi connectivity index (χ3n) is 11.9. The van der Waals surface area contributed by atoms with Crippen molar-refractivity contribution in [3.63, 3.8) is 0 Å². The van der Waals surface area contributed by atoms with E-state index in [0.717, 1.165) is 12.0 Å². The minimum Gasteiger partial charge on any atom is -0.386 e. The van der Waals surface area contributed by atoms with E-state index in [-0.39, 0.29) is 66.2 Å². The summed E-state index contributed by atoms with van der Waals surface area (Å²) in [5.74, 6) is -1.80. The zero-order chi connectivity index (χ0) is 42.6. The molecule has 9 atom stereocenters. The molecule has 0 saturated carbocycles. The Labute approximate surface area is 342 Å². The molecule has 1 aliphatic heterocycles. The Morgan fingerprint density at radius 1 is 0.877 bits per heavy atom. The average molecular weight is 794 g/mol. The SMILES string of the molecule is CO[C@H]([C@@H](C)C(=O)N[C@H](C)[C@@H](O)c1ccccc1)[C@@H]1CCCN1C(=O)C[C@@H](OC)[C@H](C(C)C)N(C)C(=O)[C@@H](CC(=O)[C@H](C(C)C)N(C)Cc1ccncc1)C(C)C. The number of nitrogens with zero attached hydrogens (tertiary/aromatic N) is 4. The van der Waals surface area contributed by atoms with Crippen molar-refractivity contribution < 1.29 is 33.8 Å². The van der Waals surface area contributed by atoms with Crippen molar-refractivity contribution in [2.24, 2.45) is 29.6 Å². The zero-order valence-electron chi connectivity index (χ0n) is 36.6. The van der Waals surface area contributed by atoms with Crippen LogP contribution in [0.1, 0.15) is 98.3 Å². The number of carbonyl (C=O) groups is 4. The van der Waals surface area contributed by atoms with Crippen LogP contribution in [0.2, 0.25) is 0 Å². The first kappa shape index (κ1) is 47.7. The van der Waals surface area contributed by atoms with Crippen LogP contribution in [0.4, 0.5) is 0 Å². The summed E-state index contributed by atoms with van der Waals surface area (Å²) < 4.78 is 12.0. The number of aliphatic hydroxyl groups excluding tert-OH is 1. The molecular weight excluding hydrogens is 723 g/mol. The summed E-state index contributed by atoms with van der Waals surface area (Å²) in [4.78, 5) is 65.8. The molecule has 2 heterocycles. The summed E-state index contributed by atoms with van der Waals surface area (Å²) in [6, 6.07) is 11.4. The van der Waals surface area contributed by atoms with Gasteiger partial charge in [-0.25, -0.2) is 0 Å². The largest absolute Gasteiger partial charge is 0.386 e. The number of hydrogen-bond acceptors (Lipinski definition) is 9. The van der Waals surface area contributed by atoms with Crippen LogP contribution in [0.5, 0.6) is 0 Å². The van der Waals surface area contributed by atoms with Crippen LogP contribution >= 0.6 is 0 Å². The minimum absolute atomic E-state index is 0.0269. The molecule has 1 aromatic carbocycles. The highest BCUT2D eigenvalue weighted by Crippen LogP contribution is 2.31. The van der Waals surface area contributed by atoms with Crippen LogP contribution < -0.4 is 5.32 Å². The molecule has 0 bridgehead atoms. The van der Waals surface area contributed by atoms with Crippen molar-refractivity contribution in [2.45, 2.75) is 130 Å². The summed E-state index contributed by atoms with van der Waals surface area (Å²) in [7, 11) is 6.83. The molecule has 1 aliphatic rings. The van der Waals surface area contributed by atoms with Crippen molar-refractivity contribution in [1.29, 1.82) is 0 Å². The maximum Gasteiger partial charge on any atom is 0.226 e. The van der Waals surface area contributed by atoms with Gasteiger partial charge in [0, 0.05) is 59.1 Å². The first-order valence-electron chi connectivity index (χ1n) is 20.7. The molecule has 318 valence electrons. The lowest BCUT2D eigenvalue weighted by Crippen LogP contribution is -2.54. The maximum atomic E-state index is 14.4. The Kier molecular flexibility index (Phi) is 18.8. The first-order chi connectivity index (χ1) is 26.9. The lowest BCUT2D eigenvalue weighted by Gasteiger charge is -2.40. The normalized spacial score (nSPS) is 18.9. The third kappa shape index (κ3) is 12.6. The second kappa shape index (κ2) is 22.4. The molecule has 3 rings (SSSR count). The predicted molar refractivity (Wildman–Crippen MR) is 223 cm³/mol. The van der Waals surface area contributed by atoms with Crippen molar-refractivity contribution in [3.05, 3.63) is 66.0 Å². The van der Waals surface area contributed by atoms with E-state index in [9.17, 15) is 24.3 Å². The highest BCUT2D eigenvalue weighted by atomic mass is 16.5. The van der Waals surface area contributed by atoms with Gasteiger partial charge < -0.3 is 29.7 Å². The average Bonchev–Trinajstić information content (AvgIpc) is 3.66. The molecule has 1 saturated heterocycles. The van der Waals surface area contributed by atoms with E-state index in [4.69, 9.17) is 9.47 Å². The fourth-order valence-electron chi connectivity index (χ4n) is 8.77. The lowest BCUT2D eigenvalue weighted by atomic mass is 9.84. The van der Waals surface area contributed by atoms with E-state index in [2.05, 4.69) is 15.2 Å². The number of rotatable bonds is 22. The number of ketones is 1. The van der Waals surface area contributed by atoms with Crippen LogP contribution in [-0.2, 0) is 35.2 Å². The molecule has 12 nitrogen and oxygen atoms in total. The van der Waals surface area contributed by atoms with Gasteiger partial charge in [0.15, 0.2) is 5.78 Å². The fourth-order valence-corrected chi connectivity index (χ4v) is 8.77. The number of hydrogen-bond donors (Lipinski definition) is 2. The number of pyridine rings is 1. The van der Waals surface area contributed by atoms with Crippen LogP contribution in [0, 0.1) is 29.6 Å². The molecule has 1 aromatic heterocycles. The topological polar surface area (TPSA) is 142 Å². The van der Waals surface area contributed by atoms with Gasteiger partial charge in [-0.2, -0.15) is 0 Å². The highest BCUT2D eigenvalue weighted by molar-refractivity contribution is 5.90. The van der Waals surface area contributed by atoms with Gasteiger partial charge in [0.2, 0.25) is 17.7 Å². The van der Waals surface area contributed by atoms with Gasteiger partial charge >= 0.3 is 0 Å². The van der Waals surface area contributed by atoms with Gasteiger partial charge in [0.25, 0.3) is 0 Å². The quantitative estimate of drug-likeness (QED) is 0.157. The van der Waals surface area contributed by atoms with Crippen LogP contribution in [0.25, 0.3) is 0 Å². The number of likely N-dealkylation sites (tertiary alicyclic amines) is 1. The van der Waals surface area contributed by atoms with Gasteiger partial charge in [0.1, 0.15) is 0 Å². The number of methoxy groups -OCH3 is 2. The van der Waals surface area contributed by atoms with Crippen LogP contribution in [0.3, 0.4) is 0 Å². The predicted octanol–water partition coefficient (Wildman–Crippen LogP) is 5.54. The van der Waals surface area contributed by atoms with E-state index in [1.165, 1.54) is 0 Å². The first-order valence-corrected chi connectivity index (χ1v) is 20.7. The van der Waals surface area contributed by atoms with Crippen molar-refractivity contribution >= 4 is 23.5 Å². The molecule has 2 N–H and O–H groups in total. The molecule has 1 fully saturated rings. The van der Waals surface area contributed by atoms with E-state index >= 15 is 0 Å². The number of Topliss-reactive ketones (excluding diaryl/α,β-unsaturated/α-hetero) is 1. The van der Waals surface area contributed by atoms with Crippen molar-refractivity contribution in [3.8, 4) is 0 Å². The molecule has 3 amide bonds. The number of aromatic nitrogens is 1. The van der Waals surface area contributed by atoms with Crippen molar-refractivity contribution in [1.82, 2.24) is 25.0 Å². The van der Waals surface area contributed by atoms with Crippen LogP contribution in [-0.4, -0.2) is 120 Å². The van der Waals surface area contributed by atoms with E-state index in [1.807, 2.05) is 91.1 Å². The molecule has 2 aromatic rings. The molecule has 12 heteroatoms. The molecule has 0 unspecified atom stereocenters. The number of benzene rings is 1. The summed E-state index contributed by atoms with van der Waals surface area (Å²) in [5.41, 5.74) is 1.77. The second-order valence-corrected chi connectivity index (χ2v) is 17.1. The fraction of sp³-hybridized carbons (Fsp3) is 0.667. The molecular formula is C45H71N5O7. The van der Waals surface area contributed by atoms with Gasteiger partial charge in [-0.1, -0.05) is 78.8 Å². The Morgan fingerprint density at radius 2 is 1.51 bits per heavy atom. The standard InChI is InChI=1S/C45H71N5O7/c1-28(2)35(25-37(51)40(29(3)4)48(9)27-33-20-22-46-23-21-33)45(55)49(10)41(30(5)6)38(56-11)26-39(52)50-24-16-19-36(50)43(57-12)31(7)44(54)47-32(8)42(53)34-17-14-13-15-18-34/h13-15,17-18,20-23,28-32,35-36,38,40-43,53H,16,19,24-27H2,1-12H3,(H,47,54)/t31-,32-,35+,36+,38-,40+,41+,42-,43-/m1/s1. The van der Waals surface area contributed by atoms with Crippen molar-refractivity contribution in [2.75, 3.05) is 34.9 Å². The minimum atomic E-state index is -0.879. The second-order valence-electron chi connectivity index (χ2n) is 17.1. The number of aliphatic hydroxyl groups is 1. The highest BCUT2D eigenvalue weighted by Gasteiger charge is 2.43. The smallest absolute Gasteiger partial charge is 0.226 e. The molecule has 0 aliphatic carbocycles. The monoisotopic (exact) mass is 794 g/mol. The molecule has 0 radical (unpaired) electrons. The number of nitrogens with one attached hydrogen (secondary N) is 1. The summed E-state index contributed by atoms with van der Waals surface area (Å²) >= 11 is 0. The van der Waals surface area contributed by atoms with Gasteiger partial charge in [-0.05, 0) is 67.8 Å². The Bertz CT molecular complexity index is 1560. The Hall–Kier alpha value is -3.71. The Balaban J connectivity index is 1.74.